The van der Waals surface area contributed by atoms with Crippen molar-refractivity contribution in [2.24, 2.45) is 0 Å². The molecule has 0 spiro atoms. The number of likely N-dealkylation sites (tertiary alicyclic amines) is 1. The number of urea groups is 1. The van der Waals surface area contributed by atoms with E-state index in [1.165, 1.54) is 4.90 Å². The van der Waals surface area contributed by atoms with Gasteiger partial charge in [0.15, 0.2) is 0 Å². The lowest BCUT2D eigenvalue weighted by Crippen LogP contribution is -2.48. The summed E-state index contributed by atoms with van der Waals surface area (Å²) in [4.78, 5) is 28.4. The maximum atomic E-state index is 12.7. The molecule has 1 aliphatic carbocycles. The van der Waals surface area contributed by atoms with Crippen molar-refractivity contribution in [1.82, 2.24) is 9.80 Å². The summed E-state index contributed by atoms with van der Waals surface area (Å²) >= 11 is 1.63. The van der Waals surface area contributed by atoms with Gasteiger partial charge < -0.3 is 14.9 Å². The minimum Gasteiger partial charge on any atom is -0.480 e. The molecule has 2 amide bonds. The highest BCUT2D eigenvalue weighted by atomic mass is 32.1. The second kappa shape index (κ2) is 5.44. The van der Waals surface area contributed by atoms with Crippen LogP contribution in [0.2, 0.25) is 0 Å². The topological polar surface area (TPSA) is 60.9 Å². The summed E-state index contributed by atoms with van der Waals surface area (Å²) in [7, 11) is 0. The van der Waals surface area contributed by atoms with Crippen LogP contribution in [-0.4, -0.2) is 45.5 Å². The van der Waals surface area contributed by atoms with Crippen LogP contribution in [0.3, 0.4) is 0 Å². The summed E-state index contributed by atoms with van der Waals surface area (Å²) < 4.78 is 0. The van der Waals surface area contributed by atoms with Crippen molar-refractivity contribution in [3.8, 4) is 0 Å². The number of hydrogen-bond donors (Lipinski definition) is 1. The van der Waals surface area contributed by atoms with Crippen LogP contribution in [0.25, 0.3) is 0 Å². The second-order valence-electron chi connectivity index (χ2n) is 5.41. The average Bonchev–Trinajstić information content (AvgIpc) is 2.95. The van der Waals surface area contributed by atoms with Crippen LogP contribution < -0.4 is 0 Å². The lowest BCUT2D eigenvalue weighted by molar-refractivity contribution is -0.141. The van der Waals surface area contributed by atoms with Gasteiger partial charge in [-0.25, -0.2) is 9.59 Å². The van der Waals surface area contributed by atoms with Gasteiger partial charge in [-0.05, 0) is 37.1 Å². The molecule has 1 aliphatic heterocycles. The average molecular weight is 294 g/mol. The Labute approximate surface area is 121 Å². The number of nitrogens with zero attached hydrogens (tertiary/aromatic N) is 2. The number of carboxylic acid groups (broad SMARTS) is 1. The summed E-state index contributed by atoms with van der Waals surface area (Å²) in [5.74, 6) is -0.886. The third-order valence-electron chi connectivity index (χ3n) is 3.92. The molecular weight excluding hydrogens is 276 g/mol. The Hall–Kier alpha value is -1.56. The second-order valence-corrected chi connectivity index (χ2v) is 6.44. The van der Waals surface area contributed by atoms with Crippen molar-refractivity contribution in [1.29, 1.82) is 0 Å². The standard InChI is InChI=1S/C14H18N2O3S/c17-13(18)12-4-1-7-15(12)14(19)16(10-5-6-10)9-11-3-2-8-20-11/h2-3,8,10,12H,1,4-7,9H2,(H,17,18). The smallest absolute Gasteiger partial charge is 0.326 e. The summed E-state index contributed by atoms with van der Waals surface area (Å²) in [5, 5.41) is 11.2. The quantitative estimate of drug-likeness (QED) is 0.927. The molecule has 108 valence electrons. The Bertz CT molecular complexity index is 499. The van der Waals surface area contributed by atoms with Gasteiger partial charge in [0, 0.05) is 17.5 Å². The fourth-order valence-corrected chi connectivity index (χ4v) is 3.43. The van der Waals surface area contributed by atoms with Crippen LogP contribution in [-0.2, 0) is 11.3 Å². The van der Waals surface area contributed by atoms with Crippen molar-refractivity contribution in [2.75, 3.05) is 6.54 Å². The molecule has 0 radical (unpaired) electrons. The number of carboxylic acids is 1. The molecule has 1 saturated carbocycles. The van der Waals surface area contributed by atoms with E-state index in [1.54, 1.807) is 11.3 Å². The Kier molecular flexibility index (Phi) is 3.65. The highest BCUT2D eigenvalue weighted by Gasteiger charge is 2.40. The van der Waals surface area contributed by atoms with Crippen molar-refractivity contribution < 1.29 is 14.7 Å². The number of amides is 2. The monoisotopic (exact) mass is 294 g/mol. The maximum Gasteiger partial charge on any atom is 0.326 e. The molecule has 0 aromatic carbocycles. The van der Waals surface area contributed by atoms with Crippen LogP contribution in [0.15, 0.2) is 17.5 Å². The zero-order valence-electron chi connectivity index (χ0n) is 11.2. The van der Waals surface area contributed by atoms with E-state index in [0.29, 0.717) is 25.6 Å². The minimum atomic E-state index is -0.886. The first kappa shape index (κ1) is 13.4. The van der Waals surface area contributed by atoms with Gasteiger partial charge in [-0.3, -0.25) is 0 Å². The minimum absolute atomic E-state index is 0.106. The SMILES string of the molecule is O=C(O)C1CCCN1C(=O)N(Cc1cccs1)C1CC1. The molecule has 1 unspecified atom stereocenters. The fourth-order valence-electron chi connectivity index (χ4n) is 2.73. The van der Waals surface area contributed by atoms with E-state index in [1.807, 2.05) is 22.4 Å². The van der Waals surface area contributed by atoms with E-state index in [0.717, 1.165) is 24.1 Å². The molecule has 2 heterocycles. The molecule has 1 N–H and O–H groups in total. The van der Waals surface area contributed by atoms with Crippen molar-refractivity contribution in [2.45, 2.75) is 44.3 Å². The van der Waals surface area contributed by atoms with Crippen LogP contribution in [0.4, 0.5) is 4.79 Å². The number of aliphatic carboxylic acids is 1. The molecule has 2 fully saturated rings. The Morgan fingerprint density at radius 3 is 2.80 bits per heavy atom. The van der Waals surface area contributed by atoms with Crippen molar-refractivity contribution in [3.05, 3.63) is 22.4 Å². The van der Waals surface area contributed by atoms with Crippen LogP contribution in [0, 0.1) is 0 Å². The highest BCUT2D eigenvalue weighted by Crippen LogP contribution is 2.31. The van der Waals surface area contributed by atoms with Gasteiger partial charge in [0.05, 0.1) is 6.54 Å². The summed E-state index contributed by atoms with van der Waals surface area (Å²) in [6.07, 6.45) is 3.41. The van der Waals surface area contributed by atoms with E-state index in [9.17, 15) is 14.7 Å². The van der Waals surface area contributed by atoms with Crippen LogP contribution in [0.1, 0.15) is 30.6 Å². The van der Waals surface area contributed by atoms with E-state index in [-0.39, 0.29) is 6.03 Å². The molecule has 5 nitrogen and oxygen atoms in total. The zero-order valence-corrected chi connectivity index (χ0v) is 12.0. The van der Waals surface area contributed by atoms with Crippen molar-refractivity contribution >= 4 is 23.3 Å². The molecule has 2 aliphatic rings. The van der Waals surface area contributed by atoms with Gasteiger partial charge in [-0.1, -0.05) is 6.07 Å². The van der Waals surface area contributed by atoms with Gasteiger partial charge in [0.2, 0.25) is 0 Å². The van der Waals surface area contributed by atoms with Gasteiger partial charge >= 0.3 is 12.0 Å². The van der Waals surface area contributed by atoms with Crippen molar-refractivity contribution in [3.63, 3.8) is 0 Å². The zero-order chi connectivity index (χ0) is 14.1. The molecule has 1 atom stereocenters. The number of thiophene rings is 1. The van der Waals surface area contributed by atoms with Gasteiger partial charge in [-0.2, -0.15) is 0 Å². The van der Waals surface area contributed by atoms with E-state index < -0.39 is 12.0 Å². The summed E-state index contributed by atoms with van der Waals surface area (Å²) in [5.41, 5.74) is 0. The molecular formula is C14H18N2O3S. The molecule has 3 rings (SSSR count). The Morgan fingerprint density at radius 1 is 1.40 bits per heavy atom. The van der Waals surface area contributed by atoms with Crippen LogP contribution >= 0.6 is 11.3 Å². The number of carbonyl (C=O) groups is 2. The molecule has 1 aromatic rings. The third-order valence-corrected chi connectivity index (χ3v) is 4.78. The number of hydrogen-bond acceptors (Lipinski definition) is 3. The highest BCUT2D eigenvalue weighted by molar-refractivity contribution is 7.09. The summed E-state index contributed by atoms with van der Waals surface area (Å²) in [6, 6.07) is 3.54. The number of rotatable bonds is 4. The maximum absolute atomic E-state index is 12.7. The van der Waals surface area contributed by atoms with Gasteiger partial charge in [0.1, 0.15) is 6.04 Å². The molecule has 6 heteroatoms. The van der Waals surface area contributed by atoms with Gasteiger partial charge in [0.25, 0.3) is 0 Å². The molecule has 1 saturated heterocycles. The van der Waals surface area contributed by atoms with E-state index in [2.05, 4.69) is 0 Å². The fraction of sp³-hybridized carbons (Fsp3) is 0.571. The third kappa shape index (κ3) is 2.65. The normalized spacial score (nSPS) is 22.0. The lowest BCUT2D eigenvalue weighted by Gasteiger charge is -2.30. The first-order valence-electron chi connectivity index (χ1n) is 6.99. The predicted molar refractivity (Wildman–Crippen MR) is 75.6 cm³/mol. The first-order chi connectivity index (χ1) is 9.66. The predicted octanol–water partition coefficient (Wildman–Crippen LogP) is 2.38. The Morgan fingerprint density at radius 2 is 2.20 bits per heavy atom. The molecule has 0 bridgehead atoms. The molecule has 20 heavy (non-hydrogen) atoms. The van der Waals surface area contributed by atoms with E-state index >= 15 is 0 Å². The summed E-state index contributed by atoms with van der Waals surface area (Å²) in [6.45, 7) is 1.16. The Balaban J connectivity index is 1.73. The largest absolute Gasteiger partial charge is 0.480 e. The van der Waals surface area contributed by atoms with Crippen LogP contribution in [0.5, 0.6) is 0 Å². The lowest BCUT2D eigenvalue weighted by atomic mass is 10.2. The first-order valence-corrected chi connectivity index (χ1v) is 7.87. The molecule has 1 aromatic heterocycles. The van der Waals surface area contributed by atoms with Gasteiger partial charge in [-0.15, -0.1) is 11.3 Å². The number of carbonyl (C=O) groups excluding carboxylic acids is 1. The van der Waals surface area contributed by atoms with E-state index in [4.69, 9.17) is 0 Å².